The van der Waals surface area contributed by atoms with E-state index in [0.717, 1.165) is 0 Å². The van der Waals surface area contributed by atoms with Crippen LogP contribution in [0.25, 0.3) is 0 Å². The first kappa shape index (κ1) is 14.0. The first-order valence-electron chi connectivity index (χ1n) is 5.65. The van der Waals surface area contributed by atoms with Crippen molar-refractivity contribution in [3.63, 3.8) is 0 Å². The first-order chi connectivity index (χ1) is 9.29. The molecule has 0 N–H and O–H groups in total. The molecule has 1 heterocycles. The Morgan fingerprint density at radius 2 is 1.60 bits per heavy atom. The van der Waals surface area contributed by atoms with Crippen LogP contribution in [0, 0.1) is 0 Å². The van der Waals surface area contributed by atoms with Gasteiger partial charge in [0.15, 0.2) is 0 Å². The number of rotatable bonds is 2. The van der Waals surface area contributed by atoms with Crippen LogP contribution in [0.3, 0.4) is 0 Å². The van der Waals surface area contributed by atoms with Gasteiger partial charge in [0.25, 0.3) is 11.8 Å². The number of amides is 3. The molecule has 1 aliphatic heterocycles. The molecular weight excluding hydrogens is 277 g/mol. The van der Waals surface area contributed by atoms with Gasteiger partial charge in [-0.15, -0.1) is 0 Å². The molecule has 0 spiro atoms. The third kappa shape index (κ3) is 2.02. The van der Waals surface area contributed by atoms with E-state index >= 15 is 0 Å². The number of hydrazine groups is 1. The lowest BCUT2D eigenvalue weighted by molar-refractivity contribution is -0.194. The van der Waals surface area contributed by atoms with Crippen molar-refractivity contribution < 1.29 is 27.6 Å². The molecule has 0 saturated heterocycles. The molecular formula is C12H9F3N2O3. The number of benzene rings is 1. The second-order valence-corrected chi connectivity index (χ2v) is 3.99. The average molecular weight is 286 g/mol. The Hall–Kier alpha value is -2.38. The number of halogens is 3. The quantitative estimate of drug-likeness (QED) is 0.776. The highest BCUT2D eigenvalue weighted by molar-refractivity contribution is 6.21. The highest BCUT2D eigenvalue weighted by Crippen LogP contribution is 2.27. The topological polar surface area (TPSA) is 57.7 Å². The van der Waals surface area contributed by atoms with Crippen LogP contribution in [-0.2, 0) is 4.79 Å². The van der Waals surface area contributed by atoms with Crippen molar-refractivity contribution in [2.45, 2.75) is 13.1 Å². The van der Waals surface area contributed by atoms with Gasteiger partial charge < -0.3 is 0 Å². The van der Waals surface area contributed by atoms with Crippen LogP contribution >= 0.6 is 0 Å². The maximum Gasteiger partial charge on any atom is 0.473 e. The van der Waals surface area contributed by atoms with Crippen LogP contribution in [0.4, 0.5) is 13.2 Å². The fraction of sp³-hybridized carbons (Fsp3) is 0.250. The smallest absolute Gasteiger partial charge is 0.267 e. The van der Waals surface area contributed by atoms with Crippen LogP contribution in [-0.4, -0.2) is 40.5 Å². The molecule has 3 amide bonds. The van der Waals surface area contributed by atoms with E-state index in [-0.39, 0.29) is 21.1 Å². The SMILES string of the molecule is CCN(C(=O)C(F)(F)F)N1C(=O)c2ccccc2C1=O. The number of hydrogen-bond donors (Lipinski definition) is 0. The highest BCUT2D eigenvalue weighted by Gasteiger charge is 2.49. The van der Waals surface area contributed by atoms with Gasteiger partial charge in [0.05, 0.1) is 11.1 Å². The Bertz CT molecular complexity index is 563. The van der Waals surface area contributed by atoms with E-state index in [0.29, 0.717) is 0 Å². The van der Waals surface area contributed by atoms with Crippen LogP contribution in [0.2, 0.25) is 0 Å². The van der Waals surface area contributed by atoms with E-state index < -0.39 is 30.4 Å². The Labute approximate surface area is 111 Å². The van der Waals surface area contributed by atoms with Gasteiger partial charge in [-0.25, -0.2) is 5.01 Å². The fourth-order valence-corrected chi connectivity index (χ4v) is 1.92. The molecule has 1 aromatic rings. The van der Waals surface area contributed by atoms with Crippen LogP contribution in [0.1, 0.15) is 27.6 Å². The number of imide groups is 1. The van der Waals surface area contributed by atoms with Crippen molar-refractivity contribution >= 4 is 17.7 Å². The molecule has 8 heteroatoms. The van der Waals surface area contributed by atoms with Crippen molar-refractivity contribution in [1.29, 1.82) is 0 Å². The Morgan fingerprint density at radius 1 is 1.15 bits per heavy atom. The molecule has 0 bridgehead atoms. The van der Waals surface area contributed by atoms with Crippen molar-refractivity contribution in [3.8, 4) is 0 Å². The van der Waals surface area contributed by atoms with Crippen LogP contribution < -0.4 is 0 Å². The summed E-state index contributed by atoms with van der Waals surface area (Å²) in [5, 5.41) is 0.338. The van der Waals surface area contributed by atoms with Gasteiger partial charge >= 0.3 is 12.1 Å². The molecule has 5 nitrogen and oxygen atoms in total. The molecule has 0 aromatic heterocycles. The second-order valence-electron chi connectivity index (χ2n) is 3.99. The molecule has 1 aliphatic rings. The summed E-state index contributed by atoms with van der Waals surface area (Å²) in [7, 11) is 0. The highest BCUT2D eigenvalue weighted by atomic mass is 19.4. The zero-order valence-electron chi connectivity index (χ0n) is 10.3. The van der Waals surface area contributed by atoms with Gasteiger partial charge in [-0.1, -0.05) is 12.1 Å². The van der Waals surface area contributed by atoms with Crippen molar-refractivity contribution in [2.24, 2.45) is 0 Å². The van der Waals surface area contributed by atoms with E-state index in [4.69, 9.17) is 0 Å². The summed E-state index contributed by atoms with van der Waals surface area (Å²) in [4.78, 5) is 35.2. The molecule has 0 saturated carbocycles. The summed E-state index contributed by atoms with van der Waals surface area (Å²) in [6, 6.07) is 5.60. The predicted molar refractivity (Wildman–Crippen MR) is 60.4 cm³/mol. The number of hydrogen-bond acceptors (Lipinski definition) is 3. The number of carbonyl (C=O) groups excluding carboxylic acids is 3. The minimum absolute atomic E-state index is 0.0223. The standard InChI is InChI=1S/C12H9F3N2O3/c1-2-16(11(20)12(13,14)15)17-9(18)7-5-3-4-6-8(7)10(17)19/h3-6H,2H2,1H3. The summed E-state index contributed by atoms with van der Waals surface area (Å²) in [6.07, 6.45) is -5.16. The summed E-state index contributed by atoms with van der Waals surface area (Å²) in [6.45, 7) is 0.789. The molecule has 1 aromatic carbocycles. The monoisotopic (exact) mass is 286 g/mol. The third-order valence-corrected chi connectivity index (χ3v) is 2.79. The van der Waals surface area contributed by atoms with Crippen molar-refractivity contribution in [2.75, 3.05) is 6.54 Å². The zero-order valence-corrected chi connectivity index (χ0v) is 10.3. The maximum atomic E-state index is 12.5. The van der Waals surface area contributed by atoms with E-state index in [1.54, 1.807) is 0 Å². The molecule has 0 aliphatic carbocycles. The Balaban J connectivity index is 2.42. The number of fused-ring (bicyclic) bond motifs is 1. The normalized spacial score (nSPS) is 14.5. The summed E-state index contributed by atoms with van der Waals surface area (Å²) in [5.41, 5.74) is -0.0446. The summed E-state index contributed by atoms with van der Waals surface area (Å²) >= 11 is 0. The summed E-state index contributed by atoms with van der Waals surface area (Å²) < 4.78 is 37.4. The summed E-state index contributed by atoms with van der Waals surface area (Å²) in [5.74, 6) is -4.13. The maximum absolute atomic E-state index is 12.5. The molecule has 20 heavy (non-hydrogen) atoms. The second kappa shape index (κ2) is 4.62. The third-order valence-electron chi connectivity index (χ3n) is 2.79. The Kier molecular flexibility index (Phi) is 3.24. The fourth-order valence-electron chi connectivity index (χ4n) is 1.92. The van der Waals surface area contributed by atoms with E-state index in [2.05, 4.69) is 0 Å². The molecule has 2 rings (SSSR count). The molecule has 106 valence electrons. The van der Waals surface area contributed by atoms with Gasteiger partial charge in [-0.2, -0.15) is 18.2 Å². The molecule has 0 atom stereocenters. The largest absolute Gasteiger partial charge is 0.473 e. The molecule has 0 radical (unpaired) electrons. The lowest BCUT2D eigenvalue weighted by atomic mass is 10.1. The van der Waals surface area contributed by atoms with Crippen LogP contribution in [0.5, 0.6) is 0 Å². The number of carbonyl (C=O) groups is 3. The van der Waals surface area contributed by atoms with E-state index in [1.165, 1.54) is 31.2 Å². The lowest BCUT2D eigenvalue weighted by Gasteiger charge is -2.29. The molecule has 0 fully saturated rings. The van der Waals surface area contributed by atoms with Gasteiger partial charge in [0.2, 0.25) is 0 Å². The van der Waals surface area contributed by atoms with Crippen LogP contribution in [0.15, 0.2) is 24.3 Å². The van der Waals surface area contributed by atoms with Gasteiger partial charge in [-0.3, -0.25) is 14.4 Å². The number of alkyl halides is 3. The van der Waals surface area contributed by atoms with Crippen molar-refractivity contribution in [3.05, 3.63) is 35.4 Å². The van der Waals surface area contributed by atoms with E-state index in [1.807, 2.05) is 0 Å². The first-order valence-corrected chi connectivity index (χ1v) is 5.65. The van der Waals surface area contributed by atoms with Gasteiger partial charge in [0, 0.05) is 6.54 Å². The average Bonchev–Trinajstić information content (AvgIpc) is 2.64. The van der Waals surface area contributed by atoms with Gasteiger partial charge in [0.1, 0.15) is 0 Å². The van der Waals surface area contributed by atoms with Crippen molar-refractivity contribution in [1.82, 2.24) is 10.0 Å². The predicted octanol–water partition coefficient (Wildman–Crippen LogP) is 1.61. The lowest BCUT2D eigenvalue weighted by Crippen LogP contribution is -2.53. The number of nitrogens with zero attached hydrogens (tertiary/aromatic N) is 2. The van der Waals surface area contributed by atoms with Gasteiger partial charge in [-0.05, 0) is 19.1 Å². The minimum Gasteiger partial charge on any atom is -0.267 e. The van der Waals surface area contributed by atoms with E-state index in [9.17, 15) is 27.6 Å². The minimum atomic E-state index is -5.16. The zero-order chi connectivity index (χ0) is 15.1. The Morgan fingerprint density at radius 3 is 1.95 bits per heavy atom. The molecule has 0 unspecified atom stereocenters.